The van der Waals surface area contributed by atoms with Crippen LogP contribution in [-0.4, -0.2) is 62.6 Å². The highest BCUT2D eigenvalue weighted by Gasteiger charge is 2.43. The minimum Gasteiger partial charge on any atom is -0.392 e. The van der Waals surface area contributed by atoms with E-state index in [-0.39, 0.29) is 30.4 Å². The Morgan fingerprint density at radius 2 is 1.89 bits per heavy atom. The summed E-state index contributed by atoms with van der Waals surface area (Å²) in [6.45, 7) is 2.02. The summed E-state index contributed by atoms with van der Waals surface area (Å²) in [6.07, 6.45) is -3.43. The highest BCUT2D eigenvalue weighted by atomic mass is 32.2. The van der Waals surface area contributed by atoms with Crippen LogP contribution in [-0.2, 0) is 20.9 Å². The van der Waals surface area contributed by atoms with Crippen molar-refractivity contribution in [2.24, 2.45) is 5.92 Å². The first-order valence-corrected chi connectivity index (χ1v) is 14.8. The summed E-state index contributed by atoms with van der Waals surface area (Å²) in [5, 5.41) is 13.1. The quantitative estimate of drug-likeness (QED) is 0.457. The zero-order valence-corrected chi connectivity index (χ0v) is 21.8. The molecule has 0 bridgehead atoms. The topological polar surface area (TPSA) is 90.9 Å². The van der Waals surface area contributed by atoms with Crippen molar-refractivity contribution in [3.8, 4) is 0 Å². The van der Waals surface area contributed by atoms with Crippen molar-refractivity contribution >= 4 is 15.7 Å². The number of likely N-dealkylation sites (tertiary alicyclic amines) is 1. The number of hydrogen-bond donors (Lipinski definition) is 3. The average Bonchev–Trinajstić information content (AvgIpc) is 3.31. The van der Waals surface area contributed by atoms with Crippen molar-refractivity contribution in [2.45, 2.75) is 56.2 Å². The Morgan fingerprint density at radius 1 is 1.11 bits per heavy atom. The maximum atomic E-state index is 13.5. The first kappa shape index (κ1) is 27.4. The number of ether oxygens (including phenoxy) is 1. The van der Waals surface area contributed by atoms with Crippen LogP contribution >= 0.6 is 0 Å². The number of benzene rings is 2. The van der Waals surface area contributed by atoms with Crippen LogP contribution in [0.25, 0.3) is 0 Å². The van der Waals surface area contributed by atoms with Crippen LogP contribution < -0.4 is 10.0 Å². The lowest BCUT2D eigenvalue weighted by Crippen LogP contribution is -2.43. The van der Waals surface area contributed by atoms with E-state index in [0.29, 0.717) is 50.0 Å². The predicted molar refractivity (Wildman–Crippen MR) is 138 cm³/mol. The summed E-state index contributed by atoms with van der Waals surface area (Å²) in [5.74, 6) is -0.132. The average molecular weight is 554 g/mol. The van der Waals surface area contributed by atoms with Crippen molar-refractivity contribution in [1.82, 2.24) is 9.62 Å². The fourth-order valence-corrected chi connectivity index (χ4v) is 6.95. The number of rotatable bonds is 8. The number of halogens is 3. The van der Waals surface area contributed by atoms with E-state index in [1.807, 2.05) is 30.3 Å². The van der Waals surface area contributed by atoms with Gasteiger partial charge in [0.2, 0.25) is 10.0 Å². The number of nitrogens with zero attached hydrogens (tertiary/aromatic N) is 1. The van der Waals surface area contributed by atoms with Crippen molar-refractivity contribution < 1.29 is 31.4 Å². The van der Waals surface area contributed by atoms with Crippen LogP contribution in [0.3, 0.4) is 0 Å². The highest BCUT2D eigenvalue weighted by molar-refractivity contribution is 7.89. The molecule has 3 aliphatic rings. The van der Waals surface area contributed by atoms with Gasteiger partial charge < -0.3 is 20.1 Å². The van der Waals surface area contributed by atoms with Crippen LogP contribution in [0.1, 0.15) is 54.5 Å². The molecule has 38 heavy (non-hydrogen) atoms. The molecule has 3 heterocycles. The third kappa shape index (κ3) is 6.34. The van der Waals surface area contributed by atoms with Gasteiger partial charge in [-0.15, -0.1) is 0 Å². The second-order valence-corrected chi connectivity index (χ2v) is 12.4. The lowest BCUT2D eigenvalue weighted by atomic mass is 9.76. The van der Waals surface area contributed by atoms with Crippen molar-refractivity contribution in [2.75, 3.05) is 37.2 Å². The monoisotopic (exact) mass is 553 g/mol. The number of β-amino-alcohol motifs (C(OH)–C–C–N with tert-alkyl or cyclic N) is 1. The normalized spacial score (nSPS) is 27.9. The Hall–Kier alpha value is -2.18. The lowest BCUT2D eigenvalue weighted by Gasteiger charge is -2.46. The predicted octanol–water partition coefficient (Wildman–Crippen LogP) is 4.08. The van der Waals surface area contributed by atoms with E-state index in [1.165, 1.54) is 6.07 Å². The number of alkyl halides is 3. The molecule has 7 nitrogen and oxygen atoms in total. The molecule has 5 rings (SSSR count). The molecule has 0 radical (unpaired) electrons. The molecule has 0 saturated carbocycles. The van der Waals surface area contributed by atoms with Gasteiger partial charge in [-0.2, -0.15) is 13.2 Å². The van der Waals surface area contributed by atoms with Crippen molar-refractivity contribution in [3.63, 3.8) is 0 Å². The molecule has 0 spiro atoms. The van der Waals surface area contributed by atoms with E-state index < -0.39 is 34.0 Å². The van der Waals surface area contributed by atoms with Gasteiger partial charge in [0.25, 0.3) is 0 Å². The number of hydrogen-bond acceptors (Lipinski definition) is 6. The smallest absolute Gasteiger partial charge is 0.392 e. The number of anilines is 1. The van der Waals surface area contributed by atoms with Crippen LogP contribution in [0.4, 0.5) is 18.9 Å². The fraction of sp³-hybridized carbons (Fsp3) is 0.556. The van der Waals surface area contributed by atoms with Crippen LogP contribution in [0.15, 0.2) is 48.5 Å². The molecule has 2 saturated heterocycles. The maximum Gasteiger partial charge on any atom is 0.416 e. The van der Waals surface area contributed by atoms with Gasteiger partial charge in [0.15, 0.2) is 0 Å². The van der Waals surface area contributed by atoms with Crippen LogP contribution in [0.5, 0.6) is 0 Å². The summed E-state index contributed by atoms with van der Waals surface area (Å²) >= 11 is 0. The molecular formula is C27H34F3N3O4S. The number of aliphatic hydroxyl groups is 1. The Morgan fingerprint density at radius 3 is 2.61 bits per heavy atom. The second-order valence-electron chi connectivity index (χ2n) is 10.5. The molecule has 3 aliphatic heterocycles. The zero-order valence-electron chi connectivity index (χ0n) is 21.0. The summed E-state index contributed by atoms with van der Waals surface area (Å²) in [7, 11) is -3.54. The third-order valence-electron chi connectivity index (χ3n) is 7.80. The van der Waals surface area contributed by atoms with Crippen LogP contribution in [0.2, 0.25) is 0 Å². The minimum atomic E-state index is -4.47. The SMILES string of the molecule is O=S(=O)(CCCN1CC[C@@H](O)C1)NC[C@H]1CC[C@@H]2[C@H](O1)c1cc(C(F)(F)F)ccc1N[C@H]2c1ccccc1. The Labute approximate surface area is 221 Å². The number of fused-ring (bicyclic) bond motifs is 3. The molecule has 3 N–H and O–H groups in total. The highest BCUT2D eigenvalue weighted by Crippen LogP contribution is 2.51. The Bertz CT molecular complexity index is 1210. The molecule has 2 aromatic carbocycles. The Kier molecular flexibility index (Phi) is 8.02. The van der Waals surface area contributed by atoms with E-state index in [2.05, 4.69) is 14.9 Å². The second kappa shape index (κ2) is 11.1. The molecule has 11 heteroatoms. The first-order valence-electron chi connectivity index (χ1n) is 13.1. The van der Waals surface area contributed by atoms with E-state index in [4.69, 9.17) is 4.74 Å². The molecule has 0 aliphatic carbocycles. The zero-order chi connectivity index (χ0) is 26.9. The third-order valence-corrected chi connectivity index (χ3v) is 9.23. The largest absolute Gasteiger partial charge is 0.416 e. The molecule has 0 unspecified atom stereocenters. The first-order chi connectivity index (χ1) is 18.1. The van der Waals surface area contributed by atoms with Gasteiger partial charge in [0.1, 0.15) is 0 Å². The molecule has 0 amide bonds. The van der Waals surface area contributed by atoms with Gasteiger partial charge in [0.05, 0.1) is 35.7 Å². The lowest BCUT2D eigenvalue weighted by molar-refractivity contribution is -0.138. The Balaban J connectivity index is 1.27. The number of aliphatic hydroxyl groups excluding tert-OH is 1. The van der Waals surface area contributed by atoms with Gasteiger partial charge in [-0.05, 0) is 56.0 Å². The minimum absolute atomic E-state index is 0.0316. The molecule has 0 aromatic heterocycles. The summed E-state index contributed by atoms with van der Waals surface area (Å²) in [4.78, 5) is 2.05. The van der Waals surface area contributed by atoms with E-state index in [0.717, 1.165) is 24.2 Å². The molecule has 208 valence electrons. The van der Waals surface area contributed by atoms with E-state index >= 15 is 0 Å². The van der Waals surface area contributed by atoms with Crippen molar-refractivity contribution in [1.29, 1.82) is 0 Å². The van der Waals surface area contributed by atoms with Gasteiger partial charge in [-0.3, -0.25) is 0 Å². The molecular weight excluding hydrogens is 519 g/mol. The molecule has 2 aromatic rings. The van der Waals surface area contributed by atoms with Gasteiger partial charge in [-0.25, -0.2) is 13.1 Å². The van der Waals surface area contributed by atoms with Gasteiger partial charge in [-0.1, -0.05) is 30.3 Å². The standard InChI is InChI=1S/C27H34F3N3O4S/c28-27(29,30)19-7-10-24-23(15-19)26-22(25(32-24)18-5-2-1-3-6-18)9-8-21(37-26)16-31-38(35,36)14-4-12-33-13-11-20(34)17-33/h1-3,5-7,10,15,20-22,25-26,31-32,34H,4,8-9,11-14,16-17H2/t20-,21-,22+,25+,26+/m1/s1. The van der Waals surface area contributed by atoms with E-state index in [1.54, 1.807) is 0 Å². The summed E-state index contributed by atoms with van der Waals surface area (Å²) in [5.41, 5.74) is 1.35. The number of sulfonamides is 1. The van der Waals surface area contributed by atoms with Gasteiger partial charge >= 0.3 is 6.18 Å². The summed E-state index contributed by atoms with van der Waals surface area (Å²) < 4.78 is 74.8. The van der Waals surface area contributed by atoms with Crippen LogP contribution in [0, 0.1) is 5.92 Å². The molecule has 2 fully saturated rings. The molecule has 5 atom stereocenters. The fourth-order valence-electron chi connectivity index (χ4n) is 5.86. The summed E-state index contributed by atoms with van der Waals surface area (Å²) in [6, 6.07) is 13.3. The van der Waals surface area contributed by atoms with Gasteiger partial charge in [0, 0.05) is 36.8 Å². The number of nitrogens with one attached hydrogen (secondary N) is 2. The van der Waals surface area contributed by atoms with E-state index in [9.17, 15) is 26.7 Å². The van der Waals surface area contributed by atoms with Crippen molar-refractivity contribution in [3.05, 3.63) is 65.2 Å². The maximum absolute atomic E-state index is 13.5.